The van der Waals surface area contributed by atoms with Crippen LogP contribution in [0.1, 0.15) is 44.8 Å². The Bertz CT molecular complexity index is 1370. The van der Waals surface area contributed by atoms with Crippen LogP contribution >= 0.6 is 11.6 Å². The number of carbonyl (C=O) groups excluding carboxylic acids is 3. The van der Waals surface area contributed by atoms with Gasteiger partial charge in [0.1, 0.15) is 6.61 Å². The number of carbonyl (C=O) groups is 3. The van der Waals surface area contributed by atoms with Crippen molar-refractivity contribution in [2.45, 2.75) is 19.6 Å². The van der Waals surface area contributed by atoms with Crippen LogP contribution in [0.5, 0.6) is 11.5 Å². The number of rotatable bonds is 8. The summed E-state index contributed by atoms with van der Waals surface area (Å²) in [6, 6.07) is 17.6. The first kappa shape index (κ1) is 25.8. The Morgan fingerprint density at radius 1 is 0.919 bits per heavy atom. The molecular weight excluding hydrogens is 496 g/mol. The van der Waals surface area contributed by atoms with E-state index in [-0.39, 0.29) is 12.4 Å². The van der Waals surface area contributed by atoms with E-state index in [0.29, 0.717) is 44.5 Å². The molecule has 2 amide bonds. The van der Waals surface area contributed by atoms with Crippen molar-refractivity contribution in [3.8, 4) is 11.5 Å². The van der Waals surface area contributed by atoms with Gasteiger partial charge in [-0.2, -0.15) is 0 Å². The molecule has 0 saturated heterocycles. The van der Waals surface area contributed by atoms with Gasteiger partial charge >= 0.3 is 12.0 Å². The Morgan fingerprint density at radius 3 is 2.24 bits per heavy atom. The maximum atomic E-state index is 13.4. The SMILES string of the molecule is COC(=O)c1ccc(COc2ccc([C@@H]3NC(=O)NC(C)=C3C(=O)c3ccc(Cl)cc3)cc2OC)cc1. The first-order valence-electron chi connectivity index (χ1n) is 11.4. The summed E-state index contributed by atoms with van der Waals surface area (Å²) in [5.41, 5.74) is 3.26. The highest BCUT2D eigenvalue weighted by atomic mass is 35.5. The number of halogens is 1. The van der Waals surface area contributed by atoms with Crippen LogP contribution < -0.4 is 20.1 Å². The monoisotopic (exact) mass is 520 g/mol. The van der Waals surface area contributed by atoms with Crippen molar-refractivity contribution in [2.24, 2.45) is 0 Å². The van der Waals surface area contributed by atoms with Gasteiger partial charge in [-0.15, -0.1) is 0 Å². The fourth-order valence-corrected chi connectivity index (χ4v) is 4.13. The second-order valence-electron chi connectivity index (χ2n) is 8.29. The molecule has 0 fully saturated rings. The molecule has 1 heterocycles. The highest BCUT2D eigenvalue weighted by molar-refractivity contribution is 6.30. The van der Waals surface area contributed by atoms with Crippen molar-refractivity contribution in [1.82, 2.24) is 10.6 Å². The van der Waals surface area contributed by atoms with Gasteiger partial charge in [0.15, 0.2) is 17.3 Å². The first-order valence-corrected chi connectivity index (χ1v) is 11.7. The Balaban J connectivity index is 1.58. The van der Waals surface area contributed by atoms with E-state index >= 15 is 0 Å². The van der Waals surface area contributed by atoms with Crippen molar-refractivity contribution in [3.05, 3.63) is 105 Å². The fourth-order valence-electron chi connectivity index (χ4n) is 4.00. The summed E-state index contributed by atoms with van der Waals surface area (Å²) in [5, 5.41) is 6.04. The fraction of sp³-hybridized carbons (Fsp3) is 0.179. The lowest BCUT2D eigenvalue weighted by atomic mass is 9.89. The maximum absolute atomic E-state index is 13.4. The molecule has 0 spiro atoms. The van der Waals surface area contributed by atoms with E-state index in [1.165, 1.54) is 14.2 Å². The summed E-state index contributed by atoms with van der Waals surface area (Å²) in [6.45, 7) is 1.93. The predicted octanol–water partition coefficient (Wildman–Crippen LogP) is 5.23. The summed E-state index contributed by atoms with van der Waals surface area (Å²) >= 11 is 5.98. The van der Waals surface area contributed by atoms with E-state index in [2.05, 4.69) is 10.6 Å². The quantitative estimate of drug-likeness (QED) is 0.311. The van der Waals surface area contributed by atoms with Crippen molar-refractivity contribution >= 4 is 29.4 Å². The van der Waals surface area contributed by atoms with Gasteiger partial charge in [0.25, 0.3) is 0 Å². The zero-order chi connectivity index (χ0) is 26.5. The van der Waals surface area contributed by atoms with Crippen molar-refractivity contribution in [2.75, 3.05) is 14.2 Å². The van der Waals surface area contributed by atoms with Gasteiger partial charge in [0, 0.05) is 21.9 Å². The second kappa shape index (κ2) is 11.2. The van der Waals surface area contributed by atoms with Gasteiger partial charge in [-0.3, -0.25) is 4.79 Å². The molecule has 4 rings (SSSR count). The summed E-state index contributed by atoms with van der Waals surface area (Å²) in [5.74, 6) is 0.275. The normalized spacial score (nSPS) is 14.9. The maximum Gasteiger partial charge on any atom is 0.337 e. The second-order valence-corrected chi connectivity index (χ2v) is 8.73. The number of nitrogens with one attached hydrogen (secondary N) is 2. The molecule has 2 N–H and O–H groups in total. The van der Waals surface area contributed by atoms with Gasteiger partial charge in [0.2, 0.25) is 0 Å². The number of amides is 2. The molecule has 0 aromatic heterocycles. The molecule has 3 aromatic carbocycles. The predicted molar refractivity (Wildman–Crippen MR) is 138 cm³/mol. The minimum Gasteiger partial charge on any atom is -0.493 e. The molecule has 9 heteroatoms. The molecule has 0 aliphatic carbocycles. The molecule has 1 aliphatic heterocycles. The van der Waals surface area contributed by atoms with Gasteiger partial charge < -0.3 is 24.8 Å². The van der Waals surface area contributed by atoms with Crippen LogP contribution in [-0.2, 0) is 11.3 Å². The van der Waals surface area contributed by atoms with E-state index in [1.54, 1.807) is 73.7 Å². The summed E-state index contributed by atoms with van der Waals surface area (Å²) in [6.07, 6.45) is 0. The number of ether oxygens (including phenoxy) is 3. The lowest BCUT2D eigenvalue weighted by Gasteiger charge is -2.29. The minimum absolute atomic E-state index is 0.235. The number of benzene rings is 3. The standard InChI is InChI=1S/C28H25ClN2O6/c1-16-24(26(32)18-8-11-21(29)12-9-18)25(31-28(34)30-16)20-10-13-22(23(14-20)35-2)37-15-17-4-6-19(7-5-17)27(33)36-3/h4-14,25H,15H2,1-3H3,(H2,30,31,34)/t25-/m0/s1. The average molecular weight is 521 g/mol. The van der Waals surface area contributed by atoms with Gasteiger partial charge in [-0.25, -0.2) is 9.59 Å². The van der Waals surface area contributed by atoms with Crippen molar-refractivity contribution in [3.63, 3.8) is 0 Å². The molecule has 0 radical (unpaired) electrons. The highest BCUT2D eigenvalue weighted by Crippen LogP contribution is 2.35. The third-order valence-electron chi connectivity index (χ3n) is 5.91. The molecule has 0 unspecified atom stereocenters. The number of methoxy groups -OCH3 is 2. The molecular formula is C28H25ClN2O6. The van der Waals surface area contributed by atoms with Crippen molar-refractivity contribution < 1.29 is 28.6 Å². The largest absolute Gasteiger partial charge is 0.493 e. The highest BCUT2D eigenvalue weighted by Gasteiger charge is 2.32. The average Bonchev–Trinajstić information content (AvgIpc) is 2.91. The van der Waals surface area contributed by atoms with Gasteiger partial charge in [-0.05, 0) is 66.6 Å². The Morgan fingerprint density at radius 2 is 1.59 bits per heavy atom. The zero-order valence-corrected chi connectivity index (χ0v) is 21.2. The summed E-state index contributed by atoms with van der Waals surface area (Å²) in [7, 11) is 2.84. The van der Waals surface area contributed by atoms with Crippen LogP contribution in [0.4, 0.5) is 4.79 Å². The lowest BCUT2D eigenvalue weighted by molar-refractivity contribution is 0.0600. The van der Waals surface area contributed by atoms with E-state index in [4.69, 9.17) is 25.8 Å². The van der Waals surface area contributed by atoms with Crippen molar-refractivity contribution in [1.29, 1.82) is 0 Å². The number of hydrogen-bond acceptors (Lipinski definition) is 6. The van der Waals surface area contributed by atoms with Crippen LogP contribution in [0.25, 0.3) is 0 Å². The summed E-state index contributed by atoms with van der Waals surface area (Å²) in [4.78, 5) is 37.3. The van der Waals surface area contributed by atoms with Gasteiger partial charge in [-0.1, -0.05) is 29.8 Å². The minimum atomic E-state index is -0.703. The van der Waals surface area contributed by atoms with Crippen LogP contribution in [0.3, 0.4) is 0 Å². The topological polar surface area (TPSA) is 103 Å². The van der Waals surface area contributed by atoms with Crippen LogP contribution in [0, 0.1) is 0 Å². The zero-order valence-electron chi connectivity index (χ0n) is 20.5. The lowest BCUT2D eigenvalue weighted by Crippen LogP contribution is -2.45. The van der Waals surface area contributed by atoms with E-state index in [1.807, 2.05) is 0 Å². The number of ketones is 1. The van der Waals surface area contributed by atoms with E-state index < -0.39 is 18.0 Å². The number of urea groups is 1. The van der Waals surface area contributed by atoms with Gasteiger partial charge in [0.05, 0.1) is 25.8 Å². The molecule has 8 nitrogen and oxygen atoms in total. The Hall–Kier alpha value is -4.30. The molecule has 3 aromatic rings. The number of allylic oxidation sites excluding steroid dienone is 1. The number of hydrogen-bond donors (Lipinski definition) is 2. The summed E-state index contributed by atoms with van der Waals surface area (Å²) < 4.78 is 16.2. The molecule has 1 aliphatic rings. The third kappa shape index (κ3) is 5.76. The smallest absolute Gasteiger partial charge is 0.337 e. The Labute approximate surface area is 219 Å². The molecule has 0 saturated carbocycles. The number of Topliss-reactive ketones (excluding diaryl/α,β-unsaturated/α-hetero) is 1. The molecule has 0 bridgehead atoms. The molecule has 1 atom stereocenters. The first-order chi connectivity index (χ1) is 17.8. The number of esters is 1. The molecule has 190 valence electrons. The van der Waals surface area contributed by atoms with E-state index in [9.17, 15) is 14.4 Å². The molecule has 37 heavy (non-hydrogen) atoms. The van der Waals surface area contributed by atoms with Crippen LogP contribution in [0.15, 0.2) is 78.0 Å². The van der Waals surface area contributed by atoms with Crippen LogP contribution in [0.2, 0.25) is 5.02 Å². The van der Waals surface area contributed by atoms with E-state index in [0.717, 1.165) is 5.56 Å². The third-order valence-corrected chi connectivity index (χ3v) is 6.16. The van der Waals surface area contributed by atoms with Crippen LogP contribution in [-0.4, -0.2) is 32.0 Å². The Kier molecular flexibility index (Phi) is 7.79.